The molecule has 2 aromatic rings. The van der Waals surface area contributed by atoms with E-state index in [1.165, 1.54) is 30.5 Å². The number of hydrogen-bond acceptors (Lipinski definition) is 7. The van der Waals surface area contributed by atoms with Crippen molar-refractivity contribution in [2.45, 2.75) is 24.4 Å². The Balaban J connectivity index is 1.67. The fraction of sp³-hybridized carbons (Fsp3) is 0.263. The van der Waals surface area contributed by atoms with Crippen LogP contribution in [-0.2, 0) is 15.0 Å². The van der Waals surface area contributed by atoms with E-state index in [1.54, 1.807) is 6.92 Å². The van der Waals surface area contributed by atoms with Crippen molar-refractivity contribution in [2.75, 3.05) is 12.0 Å². The van der Waals surface area contributed by atoms with Gasteiger partial charge in [-0.25, -0.2) is 18.8 Å². The average molecular weight is 399 g/mol. The molecule has 148 valence electrons. The lowest BCUT2D eigenvalue weighted by molar-refractivity contribution is 0.0622. The van der Waals surface area contributed by atoms with Crippen LogP contribution in [0.5, 0.6) is 0 Å². The Morgan fingerprint density at radius 3 is 2.86 bits per heavy atom. The van der Waals surface area contributed by atoms with Crippen molar-refractivity contribution in [1.82, 2.24) is 4.98 Å². The van der Waals surface area contributed by atoms with Gasteiger partial charge in [0.25, 0.3) is 11.9 Å². The van der Waals surface area contributed by atoms with Gasteiger partial charge in [-0.2, -0.15) is 5.26 Å². The smallest absolute Gasteiger partial charge is 0.285 e. The van der Waals surface area contributed by atoms with Crippen LogP contribution in [0.1, 0.15) is 28.5 Å². The molecule has 2 aliphatic rings. The molecule has 0 saturated carbocycles. The van der Waals surface area contributed by atoms with Gasteiger partial charge in [-0.05, 0) is 30.3 Å². The number of fused-ring (bicyclic) bond motifs is 1. The molecule has 1 saturated heterocycles. The van der Waals surface area contributed by atoms with E-state index in [-0.39, 0.29) is 23.0 Å². The van der Waals surface area contributed by atoms with Crippen molar-refractivity contribution in [3.63, 3.8) is 0 Å². The van der Waals surface area contributed by atoms with Crippen molar-refractivity contribution in [1.29, 1.82) is 5.26 Å². The van der Waals surface area contributed by atoms with E-state index in [1.807, 2.05) is 6.07 Å². The van der Waals surface area contributed by atoms with E-state index in [9.17, 15) is 13.6 Å². The monoisotopic (exact) mass is 399 g/mol. The van der Waals surface area contributed by atoms with Gasteiger partial charge in [-0.15, -0.1) is 0 Å². The molecule has 0 aliphatic carbocycles. The molecule has 0 radical (unpaired) electrons. The second-order valence-corrected chi connectivity index (χ2v) is 6.82. The number of alkyl halides is 1. The highest BCUT2D eigenvalue weighted by atomic mass is 19.1. The molecule has 1 fully saturated rings. The molecule has 3 heterocycles. The zero-order chi connectivity index (χ0) is 20.8. The highest BCUT2D eigenvalue weighted by molar-refractivity contribution is 6.02. The fourth-order valence-corrected chi connectivity index (χ4v) is 3.39. The number of anilines is 1. The van der Waals surface area contributed by atoms with Crippen LogP contribution in [0.4, 0.5) is 14.5 Å². The summed E-state index contributed by atoms with van der Waals surface area (Å²) in [6, 6.07) is 8.12. The molecular formula is C19H15F2N5O3. The van der Waals surface area contributed by atoms with Crippen LogP contribution < -0.4 is 11.1 Å². The first kappa shape index (κ1) is 18.8. The molecule has 3 atom stereocenters. The van der Waals surface area contributed by atoms with Gasteiger partial charge in [0.2, 0.25) is 5.79 Å². The summed E-state index contributed by atoms with van der Waals surface area (Å²) in [6.07, 6.45) is 0.390. The summed E-state index contributed by atoms with van der Waals surface area (Å²) >= 11 is 0. The third kappa shape index (κ3) is 3.05. The summed E-state index contributed by atoms with van der Waals surface area (Å²) in [5.41, 5.74) is 4.37. The number of hydrogen-bond donors (Lipinski definition) is 2. The van der Waals surface area contributed by atoms with Gasteiger partial charge in [0.15, 0.2) is 11.6 Å². The van der Waals surface area contributed by atoms with E-state index in [0.29, 0.717) is 5.56 Å². The van der Waals surface area contributed by atoms with Gasteiger partial charge in [-0.1, -0.05) is 0 Å². The first-order chi connectivity index (χ1) is 13.8. The van der Waals surface area contributed by atoms with Gasteiger partial charge >= 0.3 is 0 Å². The average Bonchev–Trinajstić information content (AvgIpc) is 3.40. The van der Waals surface area contributed by atoms with E-state index in [2.05, 4.69) is 15.3 Å². The largest absolute Gasteiger partial charge is 0.430 e. The lowest BCUT2D eigenvalue weighted by Crippen LogP contribution is -2.46. The topological polar surface area (TPSA) is 126 Å². The number of aromatic nitrogens is 1. The Labute approximate surface area is 164 Å². The Morgan fingerprint density at radius 1 is 1.41 bits per heavy atom. The number of nitrogens with zero attached hydrogens (tertiary/aromatic N) is 3. The number of nitriles is 1. The number of amides is 1. The van der Waals surface area contributed by atoms with Gasteiger partial charge in [0.1, 0.15) is 24.3 Å². The molecule has 2 aliphatic heterocycles. The number of benzene rings is 1. The van der Waals surface area contributed by atoms with Gasteiger partial charge in [-0.3, -0.25) is 4.79 Å². The predicted octanol–water partition coefficient (Wildman–Crippen LogP) is 1.97. The van der Waals surface area contributed by atoms with Crippen LogP contribution >= 0.6 is 0 Å². The number of nitrogens with one attached hydrogen (secondary N) is 1. The zero-order valence-corrected chi connectivity index (χ0v) is 15.1. The predicted molar refractivity (Wildman–Crippen MR) is 96.9 cm³/mol. The van der Waals surface area contributed by atoms with Crippen molar-refractivity contribution < 1.29 is 23.0 Å². The molecule has 1 aromatic carbocycles. The minimum Gasteiger partial charge on any atom is -0.430 e. The van der Waals surface area contributed by atoms with Crippen LogP contribution in [-0.4, -0.2) is 35.5 Å². The summed E-state index contributed by atoms with van der Waals surface area (Å²) in [5, 5.41) is 11.4. The molecule has 1 aromatic heterocycles. The molecule has 2 unspecified atom stereocenters. The van der Waals surface area contributed by atoms with Gasteiger partial charge < -0.3 is 20.5 Å². The number of amidine groups is 1. The minimum atomic E-state index is -1.73. The number of rotatable bonds is 4. The minimum absolute atomic E-state index is 0.0570. The van der Waals surface area contributed by atoms with Crippen LogP contribution in [0.25, 0.3) is 0 Å². The molecule has 0 bridgehead atoms. The lowest BCUT2D eigenvalue weighted by atomic mass is 9.84. The second-order valence-electron chi connectivity index (χ2n) is 6.82. The van der Waals surface area contributed by atoms with Crippen LogP contribution in [0.15, 0.2) is 41.5 Å². The first-order valence-electron chi connectivity index (χ1n) is 8.57. The van der Waals surface area contributed by atoms with Crippen molar-refractivity contribution in [2.24, 2.45) is 10.7 Å². The molecule has 3 N–H and O–H groups in total. The normalized spacial score (nSPS) is 27.1. The number of aliphatic imine (C=N–C) groups is 1. The number of carbonyl (C=O) groups excluding carboxylic acids is 1. The van der Waals surface area contributed by atoms with E-state index >= 15 is 0 Å². The van der Waals surface area contributed by atoms with E-state index < -0.39 is 35.8 Å². The van der Waals surface area contributed by atoms with Crippen molar-refractivity contribution >= 4 is 17.6 Å². The van der Waals surface area contributed by atoms with Crippen molar-refractivity contribution in [3.8, 4) is 6.07 Å². The summed E-state index contributed by atoms with van der Waals surface area (Å²) < 4.78 is 39.5. The molecule has 4 rings (SSSR count). The first-order valence-corrected chi connectivity index (χ1v) is 8.57. The summed E-state index contributed by atoms with van der Waals surface area (Å²) in [5.74, 6) is -2.49. The molecule has 29 heavy (non-hydrogen) atoms. The Morgan fingerprint density at radius 2 is 2.21 bits per heavy atom. The molecule has 0 spiro atoms. The van der Waals surface area contributed by atoms with Gasteiger partial charge in [0.05, 0.1) is 5.56 Å². The second kappa shape index (κ2) is 6.49. The highest BCUT2D eigenvalue weighted by Gasteiger charge is 2.70. The van der Waals surface area contributed by atoms with E-state index in [4.69, 9.17) is 20.5 Å². The maximum atomic E-state index is 14.6. The third-order valence-electron chi connectivity index (χ3n) is 4.84. The Kier molecular flexibility index (Phi) is 4.20. The Hall–Kier alpha value is -3.58. The number of halogens is 2. The maximum absolute atomic E-state index is 14.6. The number of nitrogens with two attached hydrogens (primary N) is 1. The lowest BCUT2D eigenvalue weighted by Gasteiger charge is -2.31. The zero-order valence-electron chi connectivity index (χ0n) is 15.1. The Bertz CT molecular complexity index is 1070. The number of pyridine rings is 1. The van der Waals surface area contributed by atoms with E-state index in [0.717, 1.165) is 6.07 Å². The number of epoxide rings is 1. The van der Waals surface area contributed by atoms with Crippen LogP contribution in [0.2, 0.25) is 0 Å². The molecule has 1 amide bonds. The SMILES string of the molecule is C[C@@]12OC(N)=NC(CF)(c3cc(NC(=O)c4ccc(C#N)cn4)ccc3F)C1O2. The quantitative estimate of drug-likeness (QED) is 0.757. The summed E-state index contributed by atoms with van der Waals surface area (Å²) in [6.45, 7) is 0.479. The van der Waals surface area contributed by atoms with Crippen molar-refractivity contribution in [3.05, 3.63) is 59.2 Å². The molecule has 10 heteroatoms. The standard InChI is InChI=1S/C19H15F2N5O3/c1-18-16(28-18)19(9-20,26-17(23)29-18)12-6-11(3-4-13(12)21)25-15(27)14-5-2-10(7-22)8-24-14/h2-6,8,16H,9H2,1H3,(H2,23,26)(H,25,27)/t16?,18-,19?/m1/s1. The highest BCUT2D eigenvalue weighted by Crippen LogP contribution is 2.53. The summed E-state index contributed by atoms with van der Waals surface area (Å²) in [4.78, 5) is 20.3. The molecule has 8 nitrogen and oxygen atoms in total. The fourth-order valence-electron chi connectivity index (χ4n) is 3.39. The third-order valence-corrected chi connectivity index (χ3v) is 4.84. The summed E-state index contributed by atoms with van der Waals surface area (Å²) in [7, 11) is 0. The molecular weight excluding hydrogens is 384 g/mol. The van der Waals surface area contributed by atoms with Gasteiger partial charge in [0, 0.05) is 24.4 Å². The number of ether oxygens (including phenoxy) is 2. The van der Waals surface area contributed by atoms with Crippen LogP contribution in [0, 0.1) is 17.1 Å². The number of carbonyl (C=O) groups is 1. The van der Waals surface area contributed by atoms with Crippen LogP contribution in [0.3, 0.4) is 0 Å². The maximum Gasteiger partial charge on any atom is 0.285 e.